The predicted molar refractivity (Wildman–Crippen MR) is 65.6 cm³/mol. The van der Waals surface area contributed by atoms with Gasteiger partial charge in [0.2, 0.25) is 0 Å². The van der Waals surface area contributed by atoms with Gasteiger partial charge in [-0.05, 0) is 24.3 Å². The number of aromatic nitrogens is 2. The van der Waals surface area contributed by atoms with E-state index in [1.54, 1.807) is 24.3 Å². The molecule has 1 N–H and O–H groups in total. The third-order valence-corrected chi connectivity index (χ3v) is 4.22. The lowest BCUT2D eigenvalue weighted by Gasteiger charge is -2.17. The summed E-state index contributed by atoms with van der Waals surface area (Å²) in [6.07, 6.45) is 2.66. The number of imidazole rings is 1. The second-order valence-corrected chi connectivity index (χ2v) is 5.71. The third kappa shape index (κ3) is 2.27. The van der Waals surface area contributed by atoms with Crippen LogP contribution in [0.3, 0.4) is 0 Å². The molecule has 0 aliphatic heterocycles. The quantitative estimate of drug-likeness (QED) is 0.927. The average molecular weight is 272 g/mol. The topological polar surface area (TPSA) is 66.1 Å². The highest BCUT2D eigenvalue weighted by Crippen LogP contribution is 2.22. The van der Waals surface area contributed by atoms with Crippen molar-refractivity contribution in [2.45, 2.75) is 5.03 Å². The van der Waals surface area contributed by atoms with Crippen molar-refractivity contribution in [3.63, 3.8) is 0 Å². The number of H-pyrrole nitrogens is 1. The minimum absolute atomic E-state index is 0.0186. The summed E-state index contributed by atoms with van der Waals surface area (Å²) in [5, 5.41) is 0.536. The molecule has 2 rings (SSSR count). The van der Waals surface area contributed by atoms with Crippen LogP contribution in [-0.2, 0) is 10.0 Å². The molecule has 0 fully saturated rings. The van der Waals surface area contributed by atoms with Crippen LogP contribution in [0, 0.1) is 0 Å². The number of hydrogen-bond acceptors (Lipinski definition) is 3. The third-order valence-electron chi connectivity index (χ3n) is 2.29. The Hall–Kier alpha value is -1.53. The van der Waals surface area contributed by atoms with Gasteiger partial charge in [-0.3, -0.25) is 4.31 Å². The van der Waals surface area contributed by atoms with E-state index in [0.717, 1.165) is 4.31 Å². The van der Waals surface area contributed by atoms with Crippen LogP contribution in [-0.4, -0.2) is 25.4 Å². The summed E-state index contributed by atoms with van der Waals surface area (Å²) in [6, 6.07) is 6.53. The van der Waals surface area contributed by atoms with E-state index in [2.05, 4.69) is 9.97 Å². The first kappa shape index (κ1) is 11.9. The van der Waals surface area contributed by atoms with Gasteiger partial charge in [0.1, 0.15) is 0 Å². The zero-order valence-corrected chi connectivity index (χ0v) is 10.5. The van der Waals surface area contributed by atoms with Crippen molar-refractivity contribution in [2.75, 3.05) is 11.4 Å². The number of benzene rings is 1. The Morgan fingerprint density at radius 1 is 1.29 bits per heavy atom. The van der Waals surface area contributed by atoms with E-state index < -0.39 is 10.0 Å². The maximum absolute atomic E-state index is 12.1. The van der Waals surface area contributed by atoms with Gasteiger partial charge >= 0.3 is 0 Å². The lowest BCUT2D eigenvalue weighted by atomic mass is 10.3. The smallest absolute Gasteiger partial charge is 0.283 e. The monoisotopic (exact) mass is 271 g/mol. The van der Waals surface area contributed by atoms with Crippen molar-refractivity contribution >= 4 is 27.3 Å². The molecule has 0 atom stereocenters. The van der Waals surface area contributed by atoms with Crippen molar-refractivity contribution in [1.29, 1.82) is 0 Å². The summed E-state index contributed by atoms with van der Waals surface area (Å²) in [4.78, 5) is 6.35. The minimum Gasteiger partial charge on any atom is -0.350 e. The lowest BCUT2D eigenvalue weighted by Crippen LogP contribution is -2.26. The molecule has 90 valence electrons. The zero-order chi connectivity index (χ0) is 12.5. The van der Waals surface area contributed by atoms with Crippen LogP contribution in [0.15, 0.2) is 41.8 Å². The Morgan fingerprint density at radius 3 is 2.47 bits per heavy atom. The number of anilines is 1. The second-order valence-electron chi connectivity index (χ2n) is 3.36. The van der Waals surface area contributed by atoms with Gasteiger partial charge in [0.05, 0.1) is 12.0 Å². The number of nitrogens with one attached hydrogen (secondary N) is 1. The van der Waals surface area contributed by atoms with Gasteiger partial charge in [0, 0.05) is 18.3 Å². The Kier molecular flexibility index (Phi) is 3.08. The molecule has 0 saturated carbocycles. The van der Waals surface area contributed by atoms with E-state index in [-0.39, 0.29) is 5.03 Å². The number of hydrogen-bond donors (Lipinski definition) is 1. The number of sulfonamides is 1. The standard InChI is InChI=1S/C10H10ClN3O2S/c1-14(9-4-2-8(11)3-5-9)17(15,16)10-6-12-7-13-10/h2-7H,1H3,(H,12,13). The maximum atomic E-state index is 12.1. The van der Waals surface area contributed by atoms with E-state index >= 15 is 0 Å². The van der Waals surface area contributed by atoms with Crippen molar-refractivity contribution < 1.29 is 8.42 Å². The average Bonchev–Trinajstić information content (AvgIpc) is 2.83. The van der Waals surface area contributed by atoms with Crippen LogP contribution in [0.5, 0.6) is 0 Å². The van der Waals surface area contributed by atoms with Crippen LogP contribution in [0.25, 0.3) is 0 Å². The molecule has 1 aromatic carbocycles. The fourth-order valence-electron chi connectivity index (χ4n) is 1.32. The highest BCUT2D eigenvalue weighted by molar-refractivity contribution is 7.92. The molecule has 0 amide bonds. The maximum Gasteiger partial charge on any atom is 0.283 e. The lowest BCUT2D eigenvalue weighted by molar-refractivity contribution is 0.591. The van der Waals surface area contributed by atoms with E-state index in [9.17, 15) is 8.42 Å². The molecule has 5 nitrogen and oxygen atoms in total. The Labute approximate surface area is 104 Å². The van der Waals surface area contributed by atoms with Crippen LogP contribution >= 0.6 is 11.6 Å². The van der Waals surface area contributed by atoms with Gasteiger partial charge in [0.25, 0.3) is 10.0 Å². The molecule has 2 aromatic rings. The highest BCUT2D eigenvalue weighted by Gasteiger charge is 2.22. The molecule has 0 aliphatic rings. The van der Waals surface area contributed by atoms with Gasteiger partial charge in [0.15, 0.2) is 5.03 Å². The fourth-order valence-corrected chi connectivity index (χ4v) is 2.53. The Morgan fingerprint density at radius 2 is 1.94 bits per heavy atom. The Bertz CT molecular complexity index is 593. The SMILES string of the molecule is CN(c1ccc(Cl)cc1)S(=O)(=O)c1c[nH]cn1. The molecule has 17 heavy (non-hydrogen) atoms. The van der Waals surface area contributed by atoms with E-state index in [1.165, 1.54) is 19.6 Å². The number of aromatic amines is 1. The molecule has 0 radical (unpaired) electrons. The van der Waals surface area contributed by atoms with Crippen molar-refractivity contribution in [2.24, 2.45) is 0 Å². The van der Waals surface area contributed by atoms with Crippen LogP contribution in [0.1, 0.15) is 0 Å². The second kappa shape index (κ2) is 4.38. The van der Waals surface area contributed by atoms with Crippen LogP contribution in [0.4, 0.5) is 5.69 Å². The molecule has 0 bridgehead atoms. The van der Waals surface area contributed by atoms with Crippen LogP contribution in [0.2, 0.25) is 5.02 Å². The van der Waals surface area contributed by atoms with Gasteiger partial charge in [-0.2, -0.15) is 8.42 Å². The molecular formula is C10H10ClN3O2S. The van der Waals surface area contributed by atoms with Gasteiger partial charge in [-0.1, -0.05) is 11.6 Å². The summed E-state index contributed by atoms with van der Waals surface area (Å²) < 4.78 is 25.3. The predicted octanol–water partition coefficient (Wildman–Crippen LogP) is 1.89. The summed E-state index contributed by atoms with van der Waals surface area (Å²) >= 11 is 5.74. The number of halogens is 1. The minimum atomic E-state index is -3.61. The summed E-state index contributed by atoms with van der Waals surface area (Å²) in [6.45, 7) is 0. The first-order valence-corrected chi connectivity index (χ1v) is 6.57. The molecule has 1 aromatic heterocycles. The molecule has 0 saturated heterocycles. The zero-order valence-electron chi connectivity index (χ0n) is 8.96. The largest absolute Gasteiger partial charge is 0.350 e. The first-order valence-electron chi connectivity index (χ1n) is 4.75. The van der Waals surface area contributed by atoms with Gasteiger partial charge in [-0.25, -0.2) is 4.98 Å². The van der Waals surface area contributed by atoms with Gasteiger partial charge < -0.3 is 4.98 Å². The summed E-state index contributed by atoms with van der Waals surface area (Å²) in [5.41, 5.74) is 0.525. The molecule has 0 unspecified atom stereocenters. The normalized spacial score (nSPS) is 11.4. The van der Waals surface area contributed by atoms with E-state index in [0.29, 0.717) is 10.7 Å². The number of nitrogens with zero attached hydrogens (tertiary/aromatic N) is 2. The highest BCUT2D eigenvalue weighted by atomic mass is 35.5. The van der Waals surface area contributed by atoms with Gasteiger partial charge in [-0.15, -0.1) is 0 Å². The van der Waals surface area contributed by atoms with Crippen LogP contribution < -0.4 is 4.31 Å². The number of rotatable bonds is 3. The van der Waals surface area contributed by atoms with E-state index in [1.807, 2.05) is 0 Å². The van der Waals surface area contributed by atoms with Crippen molar-refractivity contribution in [3.8, 4) is 0 Å². The summed E-state index contributed by atoms with van der Waals surface area (Å²) in [5.74, 6) is 0. The molecule has 7 heteroatoms. The molecule has 1 heterocycles. The molecule has 0 spiro atoms. The first-order chi connectivity index (χ1) is 8.01. The Balaban J connectivity index is 2.38. The summed E-state index contributed by atoms with van der Waals surface area (Å²) in [7, 11) is -2.15. The fraction of sp³-hybridized carbons (Fsp3) is 0.100. The van der Waals surface area contributed by atoms with Crippen molar-refractivity contribution in [1.82, 2.24) is 9.97 Å². The van der Waals surface area contributed by atoms with E-state index in [4.69, 9.17) is 11.6 Å². The van der Waals surface area contributed by atoms with Crippen molar-refractivity contribution in [3.05, 3.63) is 41.8 Å². The molecular weight excluding hydrogens is 262 g/mol. The molecule has 0 aliphatic carbocycles.